The Hall–Kier alpha value is -1.78. The second-order valence-corrected chi connectivity index (χ2v) is 5.48. The number of carbonyl (C=O) groups excluding carboxylic acids is 1. The zero-order valence-corrected chi connectivity index (χ0v) is 12.0. The molecular formula is C15H21NO4. The van der Waals surface area contributed by atoms with E-state index in [1.54, 1.807) is 0 Å². The van der Waals surface area contributed by atoms with E-state index in [1.807, 2.05) is 4.90 Å². The molecule has 1 fully saturated rings. The van der Waals surface area contributed by atoms with Gasteiger partial charge >= 0.3 is 5.97 Å². The number of carboxylic acid groups (broad SMARTS) is 1. The molecule has 0 bridgehead atoms. The van der Waals surface area contributed by atoms with E-state index >= 15 is 0 Å². The molecule has 0 aromatic carbocycles. The number of rotatable bonds is 4. The van der Waals surface area contributed by atoms with Crippen LogP contribution in [0, 0.1) is 5.92 Å². The van der Waals surface area contributed by atoms with E-state index in [1.165, 1.54) is 6.07 Å². The van der Waals surface area contributed by atoms with Crippen molar-refractivity contribution in [1.82, 2.24) is 4.90 Å². The number of nitrogens with zero attached hydrogens (tertiary/aromatic N) is 1. The lowest BCUT2D eigenvalue weighted by Gasteiger charge is -2.39. The highest BCUT2D eigenvalue weighted by atomic mass is 16.4. The van der Waals surface area contributed by atoms with Crippen molar-refractivity contribution in [3.63, 3.8) is 0 Å². The van der Waals surface area contributed by atoms with Crippen LogP contribution in [-0.4, -0.2) is 34.5 Å². The van der Waals surface area contributed by atoms with Crippen molar-refractivity contribution in [2.24, 2.45) is 5.92 Å². The monoisotopic (exact) mass is 279 g/mol. The van der Waals surface area contributed by atoms with Crippen LogP contribution in [0.3, 0.4) is 0 Å². The summed E-state index contributed by atoms with van der Waals surface area (Å²) in [7, 11) is 0. The van der Waals surface area contributed by atoms with Crippen molar-refractivity contribution in [1.29, 1.82) is 0 Å². The molecule has 0 spiro atoms. The Morgan fingerprint density at radius 2 is 2.25 bits per heavy atom. The summed E-state index contributed by atoms with van der Waals surface area (Å²) >= 11 is 0. The molecule has 2 atom stereocenters. The first-order valence-electron chi connectivity index (χ1n) is 7.17. The van der Waals surface area contributed by atoms with Gasteiger partial charge in [-0.3, -0.25) is 4.79 Å². The Morgan fingerprint density at radius 1 is 1.50 bits per heavy atom. The van der Waals surface area contributed by atoms with Gasteiger partial charge in [-0.1, -0.05) is 20.3 Å². The third-order valence-electron chi connectivity index (χ3n) is 4.02. The fraction of sp³-hybridized carbons (Fsp3) is 0.600. The molecule has 0 radical (unpaired) electrons. The zero-order valence-electron chi connectivity index (χ0n) is 12.0. The van der Waals surface area contributed by atoms with Gasteiger partial charge in [-0.25, -0.2) is 4.79 Å². The van der Waals surface area contributed by atoms with Crippen molar-refractivity contribution >= 4 is 11.9 Å². The van der Waals surface area contributed by atoms with Gasteiger partial charge in [0.2, 0.25) is 0 Å². The summed E-state index contributed by atoms with van der Waals surface area (Å²) in [6, 6.07) is 1.53. The number of hydrogen-bond acceptors (Lipinski definition) is 3. The maximum absolute atomic E-state index is 12.5. The molecule has 1 aromatic heterocycles. The summed E-state index contributed by atoms with van der Waals surface area (Å²) < 4.78 is 5.13. The Bertz CT molecular complexity index is 494. The summed E-state index contributed by atoms with van der Waals surface area (Å²) in [4.78, 5) is 25.2. The molecule has 0 aliphatic carbocycles. The average Bonchev–Trinajstić information content (AvgIpc) is 2.90. The van der Waals surface area contributed by atoms with E-state index in [0.29, 0.717) is 5.92 Å². The lowest BCUT2D eigenvalue weighted by molar-refractivity contribution is 0.0466. The van der Waals surface area contributed by atoms with Gasteiger partial charge in [0.15, 0.2) is 5.76 Å². The van der Waals surface area contributed by atoms with Crippen LogP contribution in [0.1, 0.15) is 60.4 Å². The summed E-state index contributed by atoms with van der Waals surface area (Å²) in [5.41, 5.74) is 0.0189. The highest BCUT2D eigenvalue weighted by Crippen LogP contribution is 2.28. The molecule has 110 valence electrons. The number of piperidine rings is 1. The molecule has 2 heterocycles. The number of amides is 1. The van der Waals surface area contributed by atoms with E-state index in [2.05, 4.69) is 13.8 Å². The smallest absolute Gasteiger partial charge is 0.338 e. The quantitative estimate of drug-likeness (QED) is 0.919. The molecule has 5 heteroatoms. The van der Waals surface area contributed by atoms with Gasteiger partial charge in [0, 0.05) is 18.7 Å². The Labute approximate surface area is 118 Å². The highest BCUT2D eigenvalue weighted by Gasteiger charge is 2.33. The Morgan fingerprint density at radius 3 is 2.85 bits per heavy atom. The number of hydrogen-bond donors (Lipinski definition) is 1. The van der Waals surface area contributed by atoms with Crippen LogP contribution in [0.15, 0.2) is 16.7 Å². The fourth-order valence-corrected chi connectivity index (χ4v) is 2.94. The van der Waals surface area contributed by atoms with E-state index in [9.17, 15) is 9.59 Å². The van der Waals surface area contributed by atoms with Gasteiger partial charge in [-0.15, -0.1) is 0 Å². The molecule has 1 aliphatic heterocycles. The normalized spacial score (nSPS) is 22.8. The minimum atomic E-state index is -1.08. The van der Waals surface area contributed by atoms with Crippen LogP contribution in [0.5, 0.6) is 0 Å². The van der Waals surface area contributed by atoms with Crippen LogP contribution in [-0.2, 0) is 0 Å². The second kappa shape index (κ2) is 6.11. The van der Waals surface area contributed by atoms with Crippen molar-refractivity contribution in [2.75, 3.05) is 6.54 Å². The third kappa shape index (κ3) is 2.86. The number of likely N-dealkylation sites (tertiary alicyclic amines) is 1. The molecular weight excluding hydrogens is 258 g/mol. The first-order valence-corrected chi connectivity index (χ1v) is 7.17. The fourth-order valence-electron chi connectivity index (χ4n) is 2.94. The van der Waals surface area contributed by atoms with Gasteiger partial charge in [0.25, 0.3) is 5.91 Å². The van der Waals surface area contributed by atoms with Crippen LogP contribution >= 0.6 is 0 Å². The Balaban J connectivity index is 2.18. The van der Waals surface area contributed by atoms with E-state index < -0.39 is 5.97 Å². The van der Waals surface area contributed by atoms with Gasteiger partial charge in [0.1, 0.15) is 6.26 Å². The molecule has 1 saturated heterocycles. The Kier molecular flexibility index (Phi) is 4.47. The first-order chi connectivity index (χ1) is 9.54. The number of furan rings is 1. The van der Waals surface area contributed by atoms with E-state index in [0.717, 1.165) is 38.5 Å². The van der Waals surface area contributed by atoms with Gasteiger partial charge < -0.3 is 14.4 Å². The zero-order chi connectivity index (χ0) is 14.7. The van der Waals surface area contributed by atoms with Crippen molar-refractivity contribution in [3.8, 4) is 0 Å². The first kappa shape index (κ1) is 14.6. The molecule has 20 heavy (non-hydrogen) atoms. The van der Waals surface area contributed by atoms with Crippen molar-refractivity contribution < 1.29 is 19.1 Å². The molecule has 1 N–H and O–H groups in total. The van der Waals surface area contributed by atoms with Gasteiger partial charge in [0.05, 0.1) is 5.56 Å². The minimum Gasteiger partial charge on any atom is -0.478 e. The molecule has 1 amide bonds. The summed E-state index contributed by atoms with van der Waals surface area (Å²) in [5.74, 6) is -0.674. The van der Waals surface area contributed by atoms with E-state index in [4.69, 9.17) is 9.52 Å². The van der Waals surface area contributed by atoms with Crippen molar-refractivity contribution in [2.45, 2.75) is 45.6 Å². The second-order valence-electron chi connectivity index (χ2n) is 5.48. The van der Waals surface area contributed by atoms with Gasteiger partial charge in [-0.2, -0.15) is 0 Å². The molecule has 0 saturated carbocycles. The van der Waals surface area contributed by atoms with Crippen LogP contribution in [0.4, 0.5) is 0 Å². The molecule has 2 rings (SSSR count). The lowest BCUT2D eigenvalue weighted by Crippen LogP contribution is -2.47. The average molecular weight is 279 g/mol. The van der Waals surface area contributed by atoms with Crippen LogP contribution in [0.25, 0.3) is 0 Å². The maximum atomic E-state index is 12.5. The number of carboxylic acids is 1. The molecule has 1 aromatic rings. The predicted molar refractivity (Wildman–Crippen MR) is 73.8 cm³/mol. The minimum absolute atomic E-state index is 0.0189. The third-order valence-corrected chi connectivity index (χ3v) is 4.02. The van der Waals surface area contributed by atoms with Gasteiger partial charge in [-0.05, 0) is 25.2 Å². The number of aromatic carboxylic acids is 1. The maximum Gasteiger partial charge on any atom is 0.338 e. The summed E-state index contributed by atoms with van der Waals surface area (Å²) in [6.45, 7) is 5.00. The lowest BCUT2D eigenvalue weighted by atomic mass is 9.88. The molecule has 1 aliphatic rings. The standard InChI is InChI=1S/C15H21NO4/c1-3-5-12-10(2)6-4-7-16(12)14(17)13-8-11(9-20-13)15(18)19/h8-10,12H,3-7H2,1-2H3,(H,18,19). The predicted octanol–water partition coefficient (Wildman–Crippen LogP) is 3.02. The molecule has 5 nitrogen and oxygen atoms in total. The summed E-state index contributed by atoms with van der Waals surface area (Å²) in [6.07, 6.45) is 5.24. The van der Waals surface area contributed by atoms with Crippen LogP contribution < -0.4 is 0 Å². The van der Waals surface area contributed by atoms with E-state index in [-0.39, 0.29) is 23.3 Å². The SMILES string of the molecule is CCCC1C(C)CCCN1C(=O)c1cc(C(=O)O)co1. The van der Waals surface area contributed by atoms with Crippen LogP contribution in [0.2, 0.25) is 0 Å². The highest BCUT2D eigenvalue weighted by molar-refractivity contribution is 5.95. The largest absolute Gasteiger partial charge is 0.478 e. The topological polar surface area (TPSA) is 70.8 Å². The number of carbonyl (C=O) groups is 2. The van der Waals surface area contributed by atoms with Crippen molar-refractivity contribution in [3.05, 3.63) is 23.7 Å². The molecule has 2 unspecified atom stereocenters. The summed E-state index contributed by atoms with van der Waals surface area (Å²) in [5, 5.41) is 8.88.